The molecule has 1 N–H and O–H groups in total. The first-order valence-corrected chi connectivity index (χ1v) is 17.8. The van der Waals surface area contributed by atoms with Gasteiger partial charge in [0.25, 0.3) is 0 Å². The number of Topliss-reactive ketones (excluding diaryl/α,β-unsaturated/α-hetero) is 1. The van der Waals surface area contributed by atoms with E-state index in [-0.39, 0.29) is 11.7 Å². The van der Waals surface area contributed by atoms with Crippen LogP contribution in [-0.4, -0.2) is 31.7 Å². The molecule has 0 radical (unpaired) electrons. The summed E-state index contributed by atoms with van der Waals surface area (Å²) in [6.07, 6.45) is 1.62. The summed E-state index contributed by atoms with van der Waals surface area (Å²) in [4.78, 5) is 15.2. The number of allylic oxidation sites excluding steroid dienone is 2. The average molecular weight is 684 g/mol. The lowest BCUT2D eigenvalue weighted by Gasteiger charge is -2.37. The molecule has 1 aliphatic heterocycles. The minimum absolute atomic E-state index is 0.0674. The van der Waals surface area contributed by atoms with Crippen molar-refractivity contribution >= 4 is 11.5 Å². The minimum Gasteiger partial charge on any atom is -0.357 e. The Morgan fingerprint density at radius 3 is 1.81 bits per heavy atom. The molecule has 1 unspecified atom stereocenters. The van der Waals surface area contributed by atoms with E-state index in [2.05, 4.69) is 91.1 Å². The lowest BCUT2D eigenvalue weighted by atomic mass is 9.77. The monoisotopic (exact) mass is 683 g/mol. The summed E-state index contributed by atoms with van der Waals surface area (Å²) in [6.45, 7) is 7.88. The standard InChI is InChI=1S/C44H41N7O/c1-5-29-43(4)46-40(41(52)31(2)3)39(30-45)50(43)36-27-25-32(26-28-36)37-23-15-16-24-38(37)42-47-48-49-51(42)44(33-17-9-6-10-18-33,34-19-11-7-12-20-34)35-21-13-8-14-22-35/h6-28,31,46H,5,29H2,1-4H3. The second-order valence-corrected chi connectivity index (χ2v) is 13.7. The molecule has 8 heteroatoms. The molecule has 2 heterocycles. The Morgan fingerprint density at radius 2 is 1.31 bits per heavy atom. The van der Waals surface area contributed by atoms with Crippen LogP contribution >= 0.6 is 0 Å². The molecule has 0 aliphatic carbocycles. The number of carbonyl (C=O) groups excluding carboxylic acids is 1. The Morgan fingerprint density at radius 1 is 0.788 bits per heavy atom. The van der Waals surface area contributed by atoms with Gasteiger partial charge in [0.2, 0.25) is 0 Å². The number of hydrogen-bond donors (Lipinski definition) is 1. The van der Waals surface area contributed by atoms with Crippen molar-refractivity contribution in [2.24, 2.45) is 5.92 Å². The minimum atomic E-state index is -0.892. The van der Waals surface area contributed by atoms with Crippen molar-refractivity contribution in [2.45, 2.75) is 51.7 Å². The van der Waals surface area contributed by atoms with Gasteiger partial charge in [-0.25, -0.2) is 4.68 Å². The predicted molar refractivity (Wildman–Crippen MR) is 205 cm³/mol. The van der Waals surface area contributed by atoms with Crippen LogP contribution in [0.1, 0.15) is 57.2 Å². The quantitative estimate of drug-likeness (QED) is 0.136. The smallest absolute Gasteiger partial charge is 0.184 e. The fraction of sp³-hybridized carbons (Fsp3) is 0.205. The van der Waals surface area contributed by atoms with Crippen LogP contribution < -0.4 is 10.2 Å². The van der Waals surface area contributed by atoms with Crippen molar-refractivity contribution < 1.29 is 4.79 Å². The molecule has 6 aromatic rings. The summed E-state index contributed by atoms with van der Waals surface area (Å²) in [5, 5.41) is 27.6. The fourth-order valence-corrected chi connectivity index (χ4v) is 7.60. The number of aromatic nitrogens is 4. The van der Waals surface area contributed by atoms with Crippen LogP contribution in [0.4, 0.5) is 5.69 Å². The van der Waals surface area contributed by atoms with Crippen LogP contribution in [0.5, 0.6) is 0 Å². The Hall–Kier alpha value is -6.33. The highest BCUT2D eigenvalue weighted by molar-refractivity contribution is 5.99. The summed E-state index contributed by atoms with van der Waals surface area (Å²) >= 11 is 0. The predicted octanol–water partition coefficient (Wildman–Crippen LogP) is 8.73. The first kappa shape index (κ1) is 34.1. The molecule has 258 valence electrons. The van der Waals surface area contributed by atoms with Gasteiger partial charge >= 0.3 is 0 Å². The van der Waals surface area contributed by atoms with E-state index in [1.165, 1.54) is 0 Å². The summed E-state index contributed by atoms with van der Waals surface area (Å²) < 4.78 is 1.95. The topological polar surface area (TPSA) is 99.7 Å². The van der Waals surface area contributed by atoms with E-state index in [0.29, 0.717) is 17.2 Å². The fourth-order valence-electron chi connectivity index (χ4n) is 7.60. The number of ketones is 1. The van der Waals surface area contributed by atoms with Gasteiger partial charge in [-0.3, -0.25) is 4.79 Å². The van der Waals surface area contributed by atoms with Gasteiger partial charge in [0.1, 0.15) is 28.7 Å². The molecular formula is C44H41N7O. The Balaban J connectivity index is 1.38. The van der Waals surface area contributed by atoms with Crippen LogP contribution in [0.2, 0.25) is 0 Å². The van der Waals surface area contributed by atoms with Gasteiger partial charge in [-0.2, -0.15) is 5.26 Å². The maximum absolute atomic E-state index is 13.2. The van der Waals surface area contributed by atoms with Crippen LogP contribution in [0, 0.1) is 17.2 Å². The maximum Gasteiger partial charge on any atom is 0.184 e. The van der Waals surface area contributed by atoms with E-state index in [1.807, 2.05) is 102 Å². The van der Waals surface area contributed by atoms with Gasteiger partial charge in [-0.1, -0.05) is 155 Å². The van der Waals surface area contributed by atoms with E-state index in [0.717, 1.165) is 51.9 Å². The molecule has 0 saturated heterocycles. The number of rotatable bonds is 11. The third-order valence-corrected chi connectivity index (χ3v) is 9.93. The molecule has 0 saturated carbocycles. The average Bonchev–Trinajstić information content (AvgIpc) is 3.79. The van der Waals surface area contributed by atoms with Gasteiger partial charge < -0.3 is 10.2 Å². The zero-order valence-corrected chi connectivity index (χ0v) is 29.9. The molecular weight excluding hydrogens is 643 g/mol. The highest BCUT2D eigenvalue weighted by Gasteiger charge is 2.45. The second kappa shape index (κ2) is 14.1. The van der Waals surface area contributed by atoms with Crippen molar-refractivity contribution in [3.8, 4) is 28.6 Å². The molecule has 0 amide bonds. The van der Waals surface area contributed by atoms with Crippen molar-refractivity contribution in [2.75, 3.05) is 4.90 Å². The normalized spacial score (nSPS) is 15.8. The highest BCUT2D eigenvalue weighted by atomic mass is 16.1. The van der Waals surface area contributed by atoms with Crippen molar-refractivity contribution in [1.29, 1.82) is 5.26 Å². The summed E-state index contributed by atoms with van der Waals surface area (Å²) in [6, 6.07) is 49.8. The van der Waals surface area contributed by atoms with Crippen molar-refractivity contribution in [1.82, 2.24) is 25.5 Å². The Kier molecular flexibility index (Phi) is 9.27. The number of nitrogens with zero attached hydrogens (tertiary/aromatic N) is 6. The van der Waals surface area contributed by atoms with Gasteiger partial charge in [0, 0.05) is 17.2 Å². The van der Waals surface area contributed by atoms with Gasteiger partial charge in [-0.05, 0) is 63.7 Å². The van der Waals surface area contributed by atoms with Gasteiger partial charge in [0.15, 0.2) is 11.6 Å². The lowest BCUT2D eigenvalue weighted by molar-refractivity contribution is -0.118. The summed E-state index contributed by atoms with van der Waals surface area (Å²) in [5.41, 5.74) is 5.89. The van der Waals surface area contributed by atoms with Crippen LogP contribution in [0.25, 0.3) is 22.5 Å². The first-order valence-electron chi connectivity index (χ1n) is 17.8. The molecule has 0 bridgehead atoms. The van der Waals surface area contributed by atoms with E-state index < -0.39 is 11.2 Å². The maximum atomic E-state index is 13.2. The van der Waals surface area contributed by atoms with E-state index in [9.17, 15) is 10.1 Å². The van der Waals surface area contributed by atoms with Crippen LogP contribution in [0.15, 0.2) is 151 Å². The van der Waals surface area contributed by atoms with Crippen molar-refractivity contribution in [3.63, 3.8) is 0 Å². The summed E-state index contributed by atoms with van der Waals surface area (Å²) in [7, 11) is 0. The number of carbonyl (C=O) groups is 1. The number of nitriles is 1. The molecule has 1 aromatic heterocycles. The zero-order chi connectivity index (χ0) is 36.3. The third-order valence-electron chi connectivity index (χ3n) is 9.93. The van der Waals surface area contributed by atoms with Crippen molar-refractivity contribution in [3.05, 3.63) is 168 Å². The van der Waals surface area contributed by atoms with E-state index >= 15 is 0 Å². The molecule has 1 aliphatic rings. The second-order valence-electron chi connectivity index (χ2n) is 13.7. The Labute approximate surface area is 305 Å². The Bertz CT molecular complexity index is 2160. The first-order chi connectivity index (χ1) is 25.3. The van der Waals surface area contributed by atoms with E-state index in [4.69, 9.17) is 10.3 Å². The number of nitrogens with one attached hydrogen (secondary N) is 1. The van der Waals surface area contributed by atoms with E-state index in [1.54, 1.807) is 0 Å². The van der Waals surface area contributed by atoms with Gasteiger partial charge in [0.05, 0.1) is 0 Å². The molecule has 0 spiro atoms. The van der Waals surface area contributed by atoms with Crippen LogP contribution in [0.3, 0.4) is 0 Å². The number of hydrogen-bond acceptors (Lipinski definition) is 7. The third kappa shape index (κ3) is 5.74. The summed E-state index contributed by atoms with van der Waals surface area (Å²) in [5.74, 6) is 0.306. The highest BCUT2D eigenvalue weighted by Crippen LogP contribution is 2.44. The number of anilines is 1. The SMILES string of the molecule is CCCC1(C)NC(C(=O)C(C)C)=C(C#N)N1c1ccc(-c2ccccc2-c2nnnn2C(c2ccccc2)(c2ccccc2)c2ccccc2)cc1. The van der Waals surface area contributed by atoms with Gasteiger partial charge in [-0.15, -0.1) is 5.10 Å². The number of tetrazole rings is 1. The van der Waals surface area contributed by atoms with Crippen LogP contribution in [-0.2, 0) is 10.3 Å². The molecule has 8 nitrogen and oxygen atoms in total. The molecule has 52 heavy (non-hydrogen) atoms. The molecule has 1 atom stereocenters. The largest absolute Gasteiger partial charge is 0.357 e. The molecule has 5 aromatic carbocycles. The lowest BCUT2D eigenvalue weighted by Crippen LogP contribution is -2.50. The molecule has 7 rings (SSSR count). The molecule has 0 fully saturated rings. The zero-order valence-electron chi connectivity index (χ0n) is 29.9. The number of benzene rings is 5.